The van der Waals surface area contributed by atoms with Crippen LogP contribution in [0.4, 0.5) is 10.1 Å². The third-order valence-corrected chi connectivity index (χ3v) is 3.33. The smallest absolute Gasteiger partial charge is 0.256 e. The lowest BCUT2D eigenvalue weighted by atomic mass is 10.1. The second-order valence-corrected chi connectivity index (χ2v) is 4.89. The normalized spacial score (nSPS) is 10.3. The van der Waals surface area contributed by atoms with Crippen molar-refractivity contribution in [1.29, 1.82) is 0 Å². The van der Waals surface area contributed by atoms with E-state index in [0.29, 0.717) is 11.6 Å². The van der Waals surface area contributed by atoms with Crippen molar-refractivity contribution >= 4 is 23.2 Å². The van der Waals surface area contributed by atoms with Gasteiger partial charge in [0.15, 0.2) is 0 Å². The van der Waals surface area contributed by atoms with Crippen molar-refractivity contribution in [2.75, 3.05) is 12.8 Å². The molecule has 0 radical (unpaired) electrons. The number of nitrogens with zero attached hydrogens (tertiary/aromatic N) is 1. The number of anilines is 1. The van der Waals surface area contributed by atoms with E-state index in [-0.39, 0.29) is 17.2 Å². The van der Waals surface area contributed by atoms with Gasteiger partial charge in [-0.05, 0) is 29.8 Å². The molecule has 0 aliphatic rings. The molecule has 0 bridgehead atoms. The first-order chi connectivity index (χ1) is 9.49. The number of halogens is 2. The van der Waals surface area contributed by atoms with Gasteiger partial charge < -0.3 is 10.6 Å². The standard InChI is InChI=1S/C15H14ClFN2O/c1-19(9-10-4-2-3-5-13(10)16)15(20)12-8-11(17)6-7-14(12)18/h2-8H,9,18H2,1H3. The van der Waals surface area contributed by atoms with E-state index >= 15 is 0 Å². The summed E-state index contributed by atoms with van der Waals surface area (Å²) < 4.78 is 13.2. The van der Waals surface area contributed by atoms with Gasteiger partial charge in [0.25, 0.3) is 5.91 Å². The van der Waals surface area contributed by atoms with E-state index in [9.17, 15) is 9.18 Å². The van der Waals surface area contributed by atoms with Crippen LogP contribution in [0.5, 0.6) is 0 Å². The van der Waals surface area contributed by atoms with Crippen LogP contribution in [0.1, 0.15) is 15.9 Å². The Morgan fingerprint density at radius 1 is 1.30 bits per heavy atom. The number of carbonyl (C=O) groups excluding carboxylic acids is 1. The molecule has 3 nitrogen and oxygen atoms in total. The monoisotopic (exact) mass is 292 g/mol. The van der Waals surface area contributed by atoms with Crippen LogP contribution in [0, 0.1) is 5.82 Å². The van der Waals surface area contributed by atoms with Gasteiger partial charge in [-0.2, -0.15) is 0 Å². The molecule has 0 atom stereocenters. The van der Waals surface area contributed by atoms with E-state index in [1.54, 1.807) is 13.1 Å². The maximum Gasteiger partial charge on any atom is 0.256 e. The fraction of sp³-hybridized carbons (Fsp3) is 0.133. The van der Waals surface area contributed by atoms with Crippen molar-refractivity contribution < 1.29 is 9.18 Å². The van der Waals surface area contributed by atoms with Gasteiger partial charge in [0.1, 0.15) is 5.82 Å². The molecule has 2 N–H and O–H groups in total. The minimum absolute atomic E-state index is 0.152. The van der Waals surface area contributed by atoms with E-state index < -0.39 is 5.82 Å². The molecule has 0 aromatic heterocycles. The minimum Gasteiger partial charge on any atom is -0.398 e. The lowest BCUT2D eigenvalue weighted by Crippen LogP contribution is -2.27. The van der Waals surface area contributed by atoms with E-state index in [2.05, 4.69) is 0 Å². The Morgan fingerprint density at radius 2 is 2.00 bits per heavy atom. The topological polar surface area (TPSA) is 46.3 Å². The van der Waals surface area contributed by atoms with Gasteiger partial charge in [-0.3, -0.25) is 4.79 Å². The Morgan fingerprint density at radius 3 is 2.70 bits per heavy atom. The average Bonchev–Trinajstić information content (AvgIpc) is 2.43. The molecule has 0 saturated carbocycles. The lowest BCUT2D eigenvalue weighted by Gasteiger charge is -2.19. The van der Waals surface area contributed by atoms with Gasteiger partial charge in [0.05, 0.1) is 5.56 Å². The molecule has 0 heterocycles. The zero-order valence-corrected chi connectivity index (χ0v) is 11.7. The number of benzene rings is 2. The average molecular weight is 293 g/mol. The first-order valence-electron chi connectivity index (χ1n) is 6.03. The summed E-state index contributed by atoms with van der Waals surface area (Å²) in [6.45, 7) is 0.328. The van der Waals surface area contributed by atoms with Crippen LogP contribution in [-0.4, -0.2) is 17.9 Å². The highest BCUT2D eigenvalue weighted by molar-refractivity contribution is 6.31. The van der Waals surface area contributed by atoms with Crippen molar-refractivity contribution in [1.82, 2.24) is 4.90 Å². The number of amides is 1. The Balaban J connectivity index is 2.21. The van der Waals surface area contributed by atoms with E-state index in [1.807, 2.05) is 18.2 Å². The minimum atomic E-state index is -0.492. The number of nitrogen functional groups attached to an aromatic ring is 1. The van der Waals surface area contributed by atoms with Crippen LogP contribution < -0.4 is 5.73 Å². The van der Waals surface area contributed by atoms with Gasteiger partial charge in [0.2, 0.25) is 0 Å². The number of carbonyl (C=O) groups is 1. The van der Waals surface area contributed by atoms with Crippen LogP contribution in [0.15, 0.2) is 42.5 Å². The molecule has 0 saturated heterocycles. The lowest BCUT2D eigenvalue weighted by molar-refractivity contribution is 0.0785. The third kappa shape index (κ3) is 3.08. The van der Waals surface area contributed by atoms with Crippen molar-refractivity contribution in [3.8, 4) is 0 Å². The zero-order chi connectivity index (χ0) is 14.7. The van der Waals surface area contributed by atoms with Gasteiger partial charge in [-0.25, -0.2) is 4.39 Å². The Bertz CT molecular complexity index is 646. The highest BCUT2D eigenvalue weighted by Crippen LogP contribution is 2.19. The molecule has 20 heavy (non-hydrogen) atoms. The Hall–Kier alpha value is -2.07. The first kappa shape index (κ1) is 14.3. The number of nitrogens with two attached hydrogens (primary N) is 1. The van der Waals surface area contributed by atoms with Gasteiger partial charge >= 0.3 is 0 Å². The maximum atomic E-state index is 13.2. The molecule has 0 aliphatic heterocycles. The SMILES string of the molecule is CN(Cc1ccccc1Cl)C(=O)c1cc(F)ccc1N. The van der Waals surface area contributed by atoms with E-state index in [4.69, 9.17) is 17.3 Å². The molecule has 1 amide bonds. The Labute approximate surface area is 121 Å². The third-order valence-electron chi connectivity index (χ3n) is 2.96. The van der Waals surface area contributed by atoms with Crippen LogP contribution in [0.3, 0.4) is 0 Å². The van der Waals surface area contributed by atoms with Crippen molar-refractivity contribution in [2.24, 2.45) is 0 Å². The van der Waals surface area contributed by atoms with E-state index in [1.165, 1.54) is 17.0 Å². The van der Waals surface area contributed by atoms with Crippen LogP contribution in [-0.2, 0) is 6.54 Å². The predicted octanol–water partition coefficient (Wildman–Crippen LogP) is 3.33. The molecular weight excluding hydrogens is 279 g/mol. The zero-order valence-electron chi connectivity index (χ0n) is 10.9. The van der Waals surface area contributed by atoms with Gasteiger partial charge in [-0.15, -0.1) is 0 Å². The highest BCUT2D eigenvalue weighted by atomic mass is 35.5. The van der Waals surface area contributed by atoms with Crippen LogP contribution in [0.25, 0.3) is 0 Å². The summed E-state index contributed by atoms with van der Waals surface area (Å²) in [5.41, 5.74) is 6.94. The fourth-order valence-corrected chi connectivity index (χ4v) is 2.07. The Kier molecular flexibility index (Phi) is 4.25. The van der Waals surface area contributed by atoms with Gasteiger partial charge in [0, 0.05) is 24.3 Å². The van der Waals surface area contributed by atoms with Crippen molar-refractivity contribution in [3.05, 3.63) is 64.4 Å². The molecule has 2 aromatic carbocycles. The fourth-order valence-electron chi connectivity index (χ4n) is 1.87. The summed E-state index contributed by atoms with van der Waals surface area (Å²) in [5, 5.41) is 0.583. The highest BCUT2D eigenvalue weighted by Gasteiger charge is 2.16. The number of rotatable bonds is 3. The molecule has 104 valence electrons. The molecule has 2 rings (SSSR count). The maximum absolute atomic E-state index is 13.2. The summed E-state index contributed by atoms with van der Waals surface area (Å²) in [7, 11) is 1.62. The number of hydrogen-bond donors (Lipinski definition) is 1. The largest absolute Gasteiger partial charge is 0.398 e. The van der Waals surface area contributed by atoms with Gasteiger partial charge in [-0.1, -0.05) is 29.8 Å². The van der Waals surface area contributed by atoms with Crippen molar-refractivity contribution in [3.63, 3.8) is 0 Å². The molecule has 0 unspecified atom stereocenters. The predicted molar refractivity (Wildman–Crippen MR) is 78.1 cm³/mol. The summed E-state index contributed by atoms with van der Waals surface area (Å²) in [5.74, 6) is -0.837. The first-order valence-corrected chi connectivity index (χ1v) is 6.40. The summed E-state index contributed by atoms with van der Waals surface area (Å²) in [6, 6.07) is 11.0. The van der Waals surface area contributed by atoms with Crippen LogP contribution >= 0.6 is 11.6 Å². The molecule has 2 aromatic rings. The van der Waals surface area contributed by atoms with Crippen molar-refractivity contribution in [2.45, 2.75) is 6.54 Å². The van der Waals surface area contributed by atoms with Crippen LogP contribution in [0.2, 0.25) is 5.02 Å². The summed E-state index contributed by atoms with van der Waals surface area (Å²) in [4.78, 5) is 13.7. The second kappa shape index (κ2) is 5.92. The van der Waals surface area contributed by atoms with E-state index in [0.717, 1.165) is 11.6 Å². The summed E-state index contributed by atoms with van der Waals surface area (Å²) >= 11 is 6.05. The second-order valence-electron chi connectivity index (χ2n) is 4.48. The molecular formula is C15H14ClFN2O. The molecule has 0 aliphatic carbocycles. The molecule has 0 spiro atoms. The molecule has 5 heteroatoms. The molecule has 0 fully saturated rings. The number of hydrogen-bond acceptors (Lipinski definition) is 2. The summed E-state index contributed by atoms with van der Waals surface area (Å²) in [6.07, 6.45) is 0. The quantitative estimate of drug-likeness (QED) is 0.882.